The molecule has 0 aliphatic carbocycles. The number of alkyl halides is 2. The van der Waals surface area contributed by atoms with Crippen LogP contribution in [0.1, 0.15) is 28.2 Å². The molecule has 11 heteroatoms. The SMILES string of the molecule is Cc1cc(C(F)F)n2ncc(C(=O)Nc3cnn(COc4cccc(Cl)c4)c3)c2n1. The molecule has 4 rings (SSSR count). The maximum atomic E-state index is 13.2. The molecule has 1 aromatic carbocycles. The van der Waals surface area contributed by atoms with Crippen molar-refractivity contribution in [3.63, 3.8) is 0 Å². The van der Waals surface area contributed by atoms with E-state index in [1.54, 1.807) is 37.4 Å². The normalized spacial score (nSPS) is 11.2. The standard InChI is InChI=1S/C19H15ClF2N6O2/c1-11-5-16(17(21)22)28-18(25-11)15(8-24-28)19(29)26-13-7-23-27(9-13)10-30-14-4-2-3-12(20)6-14/h2-9,17H,10H2,1H3,(H,26,29). The van der Waals surface area contributed by atoms with Gasteiger partial charge >= 0.3 is 0 Å². The number of nitrogens with zero attached hydrogens (tertiary/aromatic N) is 5. The summed E-state index contributed by atoms with van der Waals surface area (Å²) in [7, 11) is 0. The van der Waals surface area contributed by atoms with Crippen LogP contribution in [0.15, 0.2) is 48.9 Å². The summed E-state index contributed by atoms with van der Waals surface area (Å²) in [4.78, 5) is 16.8. The Balaban J connectivity index is 1.48. The van der Waals surface area contributed by atoms with E-state index in [0.717, 1.165) is 4.52 Å². The van der Waals surface area contributed by atoms with Crippen LogP contribution < -0.4 is 10.1 Å². The van der Waals surface area contributed by atoms with E-state index < -0.39 is 12.3 Å². The maximum absolute atomic E-state index is 13.2. The summed E-state index contributed by atoms with van der Waals surface area (Å²) in [5, 5.41) is 11.2. The first-order chi connectivity index (χ1) is 14.4. The van der Waals surface area contributed by atoms with E-state index in [9.17, 15) is 13.6 Å². The Morgan fingerprint density at radius 2 is 2.10 bits per heavy atom. The average Bonchev–Trinajstić information content (AvgIpc) is 3.32. The quantitative estimate of drug-likeness (QED) is 0.495. The molecular weight excluding hydrogens is 418 g/mol. The topological polar surface area (TPSA) is 86.3 Å². The van der Waals surface area contributed by atoms with Gasteiger partial charge in [0.2, 0.25) is 0 Å². The second-order valence-corrected chi connectivity index (χ2v) is 6.81. The molecule has 1 amide bonds. The van der Waals surface area contributed by atoms with Gasteiger partial charge in [0.1, 0.15) is 17.0 Å². The number of ether oxygens (including phenoxy) is 1. The Bertz CT molecular complexity index is 1220. The molecule has 0 bridgehead atoms. The molecule has 0 radical (unpaired) electrons. The number of anilines is 1. The number of amides is 1. The first kappa shape index (κ1) is 19.8. The number of hydrogen-bond donors (Lipinski definition) is 1. The highest BCUT2D eigenvalue weighted by atomic mass is 35.5. The molecule has 0 aliphatic rings. The van der Waals surface area contributed by atoms with Crippen LogP contribution in [0.4, 0.5) is 14.5 Å². The molecule has 3 aromatic heterocycles. The monoisotopic (exact) mass is 432 g/mol. The lowest BCUT2D eigenvalue weighted by Crippen LogP contribution is -2.12. The smallest absolute Gasteiger partial charge is 0.280 e. The maximum Gasteiger partial charge on any atom is 0.280 e. The first-order valence-corrected chi connectivity index (χ1v) is 9.14. The van der Waals surface area contributed by atoms with Crippen molar-refractivity contribution in [2.45, 2.75) is 20.1 Å². The third-order valence-corrected chi connectivity index (χ3v) is 4.38. The number of halogens is 3. The van der Waals surface area contributed by atoms with Gasteiger partial charge in [0.15, 0.2) is 12.4 Å². The Morgan fingerprint density at radius 3 is 2.87 bits per heavy atom. The molecular formula is C19H15ClF2N6O2. The van der Waals surface area contributed by atoms with Crippen molar-refractivity contribution < 1.29 is 18.3 Å². The summed E-state index contributed by atoms with van der Waals surface area (Å²) in [5.41, 5.74) is 0.555. The lowest BCUT2D eigenvalue weighted by molar-refractivity contribution is 0.102. The van der Waals surface area contributed by atoms with Crippen molar-refractivity contribution in [3.8, 4) is 5.75 Å². The van der Waals surface area contributed by atoms with E-state index in [1.807, 2.05) is 0 Å². The van der Waals surface area contributed by atoms with Crippen LogP contribution in [0.5, 0.6) is 5.75 Å². The molecule has 4 aromatic rings. The van der Waals surface area contributed by atoms with Crippen LogP contribution in [-0.4, -0.2) is 30.3 Å². The molecule has 0 unspecified atom stereocenters. The molecule has 1 N–H and O–H groups in total. The summed E-state index contributed by atoms with van der Waals surface area (Å²) in [6.07, 6.45) is 1.46. The van der Waals surface area contributed by atoms with Crippen LogP contribution >= 0.6 is 11.6 Å². The average molecular weight is 433 g/mol. The van der Waals surface area contributed by atoms with E-state index in [4.69, 9.17) is 16.3 Å². The Labute approximate surface area is 174 Å². The number of rotatable bonds is 6. The van der Waals surface area contributed by atoms with Crippen molar-refractivity contribution >= 4 is 28.8 Å². The third kappa shape index (κ3) is 4.08. The molecule has 0 spiro atoms. The van der Waals surface area contributed by atoms with Crippen LogP contribution in [-0.2, 0) is 6.73 Å². The van der Waals surface area contributed by atoms with E-state index in [1.165, 1.54) is 23.1 Å². The van der Waals surface area contributed by atoms with E-state index in [-0.39, 0.29) is 23.6 Å². The first-order valence-electron chi connectivity index (χ1n) is 8.76. The number of nitrogens with one attached hydrogen (secondary N) is 1. The number of carbonyl (C=O) groups excluding carboxylic acids is 1. The molecule has 0 saturated carbocycles. The zero-order chi connectivity index (χ0) is 21.3. The Morgan fingerprint density at radius 1 is 1.27 bits per heavy atom. The van der Waals surface area contributed by atoms with Crippen molar-refractivity contribution in [2.75, 3.05) is 5.32 Å². The number of carbonyl (C=O) groups is 1. The zero-order valence-electron chi connectivity index (χ0n) is 15.6. The lowest BCUT2D eigenvalue weighted by atomic mass is 10.3. The van der Waals surface area contributed by atoms with E-state index in [2.05, 4.69) is 20.5 Å². The number of fused-ring (bicyclic) bond motifs is 1. The Hall–Kier alpha value is -3.53. The van der Waals surface area contributed by atoms with Crippen molar-refractivity contribution in [2.24, 2.45) is 0 Å². The minimum Gasteiger partial charge on any atom is -0.471 e. The third-order valence-electron chi connectivity index (χ3n) is 4.15. The molecule has 0 fully saturated rings. The van der Waals surface area contributed by atoms with Gasteiger partial charge in [-0.2, -0.15) is 10.2 Å². The highest BCUT2D eigenvalue weighted by Crippen LogP contribution is 2.22. The van der Waals surface area contributed by atoms with Crippen LogP contribution in [0.2, 0.25) is 5.02 Å². The fourth-order valence-electron chi connectivity index (χ4n) is 2.82. The number of aryl methyl sites for hydroxylation is 1. The summed E-state index contributed by atoms with van der Waals surface area (Å²) < 4.78 is 34.5. The van der Waals surface area contributed by atoms with E-state index >= 15 is 0 Å². The fourth-order valence-corrected chi connectivity index (χ4v) is 3.00. The summed E-state index contributed by atoms with van der Waals surface area (Å²) in [5.74, 6) is 0.0323. The van der Waals surface area contributed by atoms with Crippen LogP contribution in [0.25, 0.3) is 5.65 Å². The predicted octanol–water partition coefficient (Wildman–Crippen LogP) is 4.11. The molecule has 0 aliphatic heterocycles. The molecule has 0 saturated heterocycles. The second-order valence-electron chi connectivity index (χ2n) is 6.37. The number of hydrogen-bond acceptors (Lipinski definition) is 5. The van der Waals surface area contributed by atoms with Gasteiger partial charge in [-0.15, -0.1) is 0 Å². The molecule has 30 heavy (non-hydrogen) atoms. The lowest BCUT2D eigenvalue weighted by Gasteiger charge is -2.06. The van der Waals surface area contributed by atoms with Gasteiger partial charge in [-0.25, -0.2) is 23.0 Å². The van der Waals surface area contributed by atoms with E-state index in [0.29, 0.717) is 22.2 Å². The van der Waals surface area contributed by atoms with Crippen molar-refractivity contribution in [1.29, 1.82) is 0 Å². The van der Waals surface area contributed by atoms with Crippen LogP contribution in [0, 0.1) is 6.92 Å². The molecule has 0 atom stereocenters. The number of aromatic nitrogens is 5. The molecule has 154 valence electrons. The van der Waals surface area contributed by atoms with Crippen molar-refractivity contribution in [1.82, 2.24) is 24.4 Å². The minimum absolute atomic E-state index is 0.0551. The largest absolute Gasteiger partial charge is 0.471 e. The summed E-state index contributed by atoms with van der Waals surface area (Å²) >= 11 is 5.91. The minimum atomic E-state index is -2.75. The van der Waals surface area contributed by atoms with Gasteiger partial charge < -0.3 is 10.1 Å². The van der Waals surface area contributed by atoms with Gasteiger partial charge in [-0.1, -0.05) is 17.7 Å². The Kier molecular flexibility index (Phi) is 5.32. The van der Waals surface area contributed by atoms with Gasteiger partial charge in [0.05, 0.1) is 24.3 Å². The highest BCUT2D eigenvalue weighted by molar-refractivity contribution is 6.30. The molecule has 3 heterocycles. The predicted molar refractivity (Wildman–Crippen MR) is 105 cm³/mol. The highest BCUT2D eigenvalue weighted by Gasteiger charge is 2.20. The zero-order valence-corrected chi connectivity index (χ0v) is 16.3. The second kappa shape index (κ2) is 8.07. The van der Waals surface area contributed by atoms with Crippen LogP contribution in [0.3, 0.4) is 0 Å². The summed E-state index contributed by atoms with van der Waals surface area (Å²) in [6.45, 7) is 1.68. The van der Waals surface area contributed by atoms with Gasteiger partial charge in [-0.05, 0) is 31.2 Å². The van der Waals surface area contributed by atoms with Gasteiger partial charge in [-0.3, -0.25) is 4.79 Å². The molecule has 8 nitrogen and oxygen atoms in total. The van der Waals surface area contributed by atoms with Crippen molar-refractivity contribution in [3.05, 3.63) is 70.9 Å². The fraction of sp³-hybridized carbons (Fsp3) is 0.158. The number of benzene rings is 1. The van der Waals surface area contributed by atoms with Gasteiger partial charge in [0.25, 0.3) is 12.3 Å². The summed E-state index contributed by atoms with van der Waals surface area (Å²) in [6, 6.07) is 8.15. The van der Waals surface area contributed by atoms with Gasteiger partial charge in [0, 0.05) is 10.7 Å².